The Morgan fingerprint density at radius 2 is 1.64 bits per heavy atom. The average Bonchev–Trinajstić information content (AvgIpc) is 1.84. The van der Waals surface area contributed by atoms with E-state index in [2.05, 4.69) is 9.05 Å². The molecule has 0 aromatic heterocycles. The Bertz CT molecular complexity index is 193. The summed E-state index contributed by atoms with van der Waals surface area (Å²) in [5, 5.41) is 8.04. The van der Waals surface area contributed by atoms with Crippen LogP contribution in [0.3, 0.4) is 0 Å². The molecule has 0 spiro atoms. The van der Waals surface area contributed by atoms with Crippen molar-refractivity contribution in [1.29, 1.82) is 5.26 Å². The number of hydrogen-bond donors (Lipinski definition) is 2. The molecule has 0 aliphatic heterocycles. The molecule has 0 saturated carbocycles. The van der Waals surface area contributed by atoms with Crippen LogP contribution in [0.2, 0.25) is 0 Å². The molecular weight excluding hydrogens is 196 g/mol. The van der Waals surface area contributed by atoms with E-state index in [0.29, 0.717) is 0 Å². The predicted molar refractivity (Wildman–Crippen MR) is 31.2 cm³/mol. The first-order chi connectivity index (χ1) is 5.06. The van der Waals surface area contributed by atoms with Gasteiger partial charge in [0.15, 0.2) is 0 Å². The van der Waals surface area contributed by atoms with Gasteiger partial charge in [-0.2, -0.15) is 5.26 Å². The van der Waals surface area contributed by atoms with Crippen molar-refractivity contribution in [2.45, 2.75) is 6.29 Å². The van der Waals surface area contributed by atoms with Crippen molar-refractivity contribution in [3.63, 3.8) is 0 Å². The fourth-order valence-corrected chi connectivity index (χ4v) is 0.806. The van der Waals surface area contributed by atoms with Gasteiger partial charge >= 0.3 is 22.8 Å². The third-order valence-electron chi connectivity index (χ3n) is 0.477. The molecule has 0 fully saturated rings. The lowest BCUT2D eigenvalue weighted by Gasteiger charge is -1.86. The summed E-state index contributed by atoms with van der Waals surface area (Å²) in [5.74, 6) is 0. The molecule has 0 saturated heterocycles. The molecule has 0 aliphatic carbocycles. The van der Waals surface area contributed by atoms with Crippen LogP contribution in [0.5, 0.6) is 0 Å². The summed E-state index contributed by atoms with van der Waals surface area (Å²) in [7, 11) is -6.03. The molecule has 0 rings (SSSR count). The summed E-state index contributed by atoms with van der Waals surface area (Å²) < 4.78 is 27.4. The number of rotatable bonds is 4. The zero-order valence-electron chi connectivity index (χ0n) is 4.95. The second kappa shape index (κ2) is 5.22. The van der Waals surface area contributed by atoms with Crippen molar-refractivity contribution < 1.29 is 28.0 Å². The smallest absolute Gasteiger partial charge is 0.192 e. The van der Waals surface area contributed by atoms with E-state index >= 15 is 0 Å². The van der Waals surface area contributed by atoms with Gasteiger partial charge in [0.1, 0.15) is 6.07 Å². The maximum Gasteiger partial charge on any atom is 0.698 e. The maximum atomic E-state index is 9.87. The Hall–Kier alpha value is -0.470. The van der Waals surface area contributed by atoms with Gasteiger partial charge in [-0.1, -0.05) is 9.05 Å². The molecule has 0 heterocycles. The Morgan fingerprint density at radius 3 is 1.82 bits per heavy atom. The van der Waals surface area contributed by atoms with Crippen LogP contribution in [0.4, 0.5) is 0 Å². The lowest BCUT2D eigenvalue weighted by Crippen LogP contribution is -2.06. The van der Waals surface area contributed by atoms with E-state index < -0.39 is 22.8 Å². The second-order valence-corrected chi connectivity index (χ2v) is 2.52. The van der Waals surface area contributed by atoms with E-state index in [1.54, 1.807) is 0 Å². The summed E-state index contributed by atoms with van der Waals surface area (Å²) in [6.45, 7) is 0. The van der Waals surface area contributed by atoms with E-state index in [1.807, 2.05) is 0 Å². The first kappa shape index (κ1) is 10.5. The number of nitriles is 1. The van der Waals surface area contributed by atoms with Crippen molar-refractivity contribution >= 4 is 16.5 Å². The lowest BCUT2D eigenvalue weighted by atomic mass is 10.8. The monoisotopic (exact) mass is 199 g/mol. The second-order valence-electron chi connectivity index (χ2n) is 1.15. The maximum absolute atomic E-state index is 9.87. The first-order valence-electron chi connectivity index (χ1n) is 2.11. The summed E-state index contributed by atoms with van der Waals surface area (Å²) in [6.07, 6.45) is -1.79. The summed E-state index contributed by atoms with van der Waals surface area (Å²) in [6, 6.07) is 1.23. The molecule has 60 valence electrons. The van der Waals surface area contributed by atoms with Crippen LogP contribution in [0, 0.1) is 11.3 Å². The minimum absolute atomic E-state index is 1.23. The SMILES string of the molecule is N#CC(O[P+](=O)O)O[P+](=O)O. The molecule has 0 radical (unpaired) electrons. The van der Waals surface area contributed by atoms with E-state index in [1.165, 1.54) is 6.07 Å². The molecule has 2 atom stereocenters. The molecule has 0 amide bonds. The van der Waals surface area contributed by atoms with E-state index in [4.69, 9.17) is 15.0 Å². The van der Waals surface area contributed by atoms with Crippen LogP contribution in [0.15, 0.2) is 0 Å². The Morgan fingerprint density at radius 1 is 1.27 bits per heavy atom. The van der Waals surface area contributed by atoms with E-state index in [9.17, 15) is 9.13 Å². The first-order valence-corrected chi connectivity index (χ1v) is 4.37. The highest BCUT2D eigenvalue weighted by atomic mass is 31.1. The van der Waals surface area contributed by atoms with Crippen LogP contribution in [0.1, 0.15) is 0 Å². The third kappa shape index (κ3) is 5.95. The van der Waals surface area contributed by atoms with Gasteiger partial charge in [0.25, 0.3) is 0 Å². The molecule has 7 nitrogen and oxygen atoms in total. The zero-order chi connectivity index (χ0) is 8.85. The fraction of sp³-hybridized carbons (Fsp3) is 0.500. The summed E-state index contributed by atoms with van der Waals surface area (Å²) in [4.78, 5) is 16.1. The van der Waals surface area contributed by atoms with Gasteiger partial charge < -0.3 is 0 Å². The van der Waals surface area contributed by atoms with Crippen molar-refractivity contribution in [1.82, 2.24) is 0 Å². The number of nitrogens with zero attached hydrogens (tertiary/aromatic N) is 1. The van der Waals surface area contributed by atoms with Crippen molar-refractivity contribution in [2.75, 3.05) is 0 Å². The van der Waals surface area contributed by atoms with Crippen LogP contribution in [-0.4, -0.2) is 16.1 Å². The molecule has 0 aromatic rings. The van der Waals surface area contributed by atoms with Gasteiger partial charge in [0, 0.05) is 9.13 Å². The van der Waals surface area contributed by atoms with Gasteiger partial charge in [-0.15, -0.1) is 9.79 Å². The Kier molecular flexibility index (Phi) is 4.99. The number of hydrogen-bond acceptors (Lipinski definition) is 5. The predicted octanol–water partition coefficient (Wildman–Crippen LogP) is 0.169. The molecule has 2 N–H and O–H groups in total. The minimum atomic E-state index is -3.01. The lowest BCUT2D eigenvalue weighted by molar-refractivity contribution is 0.0486. The van der Waals surface area contributed by atoms with Crippen LogP contribution in [-0.2, 0) is 18.2 Å². The summed E-state index contributed by atoms with van der Waals surface area (Å²) in [5.41, 5.74) is 0. The van der Waals surface area contributed by atoms with Crippen LogP contribution in [0.25, 0.3) is 0 Å². The van der Waals surface area contributed by atoms with Crippen molar-refractivity contribution in [3.05, 3.63) is 0 Å². The molecule has 2 unspecified atom stereocenters. The third-order valence-corrected chi connectivity index (χ3v) is 1.22. The normalized spacial score (nSPS) is 15.0. The van der Waals surface area contributed by atoms with E-state index in [-0.39, 0.29) is 0 Å². The van der Waals surface area contributed by atoms with Crippen LogP contribution >= 0.6 is 16.5 Å². The molecule has 0 bridgehead atoms. The average molecular weight is 199 g/mol. The summed E-state index contributed by atoms with van der Waals surface area (Å²) >= 11 is 0. The fourth-order valence-electron chi connectivity index (χ4n) is 0.230. The van der Waals surface area contributed by atoms with Gasteiger partial charge in [0.05, 0.1) is 0 Å². The van der Waals surface area contributed by atoms with Crippen molar-refractivity contribution in [2.24, 2.45) is 0 Å². The Balaban J connectivity index is 3.89. The molecular formula is C2H3NO6P2+2. The van der Waals surface area contributed by atoms with Crippen LogP contribution < -0.4 is 0 Å². The molecule has 0 aromatic carbocycles. The highest BCUT2D eigenvalue weighted by molar-refractivity contribution is 7.32. The standard InChI is InChI=1S/C2HNO6P2/c3-1-2(8-10(4)5)9-11(6)7/h2H/p+2. The highest BCUT2D eigenvalue weighted by Gasteiger charge is 2.32. The van der Waals surface area contributed by atoms with Gasteiger partial charge in [-0.25, -0.2) is 0 Å². The largest absolute Gasteiger partial charge is 0.698 e. The van der Waals surface area contributed by atoms with Gasteiger partial charge in [0.2, 0.25) is 0 Å². The highest BCUT2D eigenvalue weighted by Crippen LogP contribution is 2.25. The molecule has 0 aliphatic rings. The quantitative estimate of drug-likeness (QED) is 0.489. The van der Waals surface area contributed by atoms with Gasteiger partial charge in [-0.3, -0.25) is 0 Å². The Labute approximate surface area is 63.1 Å². The molecule has 11 heavy (non-hydrogen) atoms. The van der Waals surface area contributed by atoms with Gasteiger partial charge in [-0.05, 0) is 0 Å². The zero-order valence-corrected chi connectivity index (χ0v) is 6.74. The van der Waals surface area contributed by atoms with E-state index in [0.717, 1.165) is 0 Å². The topological polar surface area (TPSA) is 117 Å². The minimum Gasteiger partial charge on any atom is -0.192 e. The van der Waals surface area contributed by atoms with Crippen molar-refractivity contribution in [3.8, 4) is 6.07 Å². The molecule has 9 heteroatoms.